The van der Waals surface area contributed by atoms with Gasteiger partial charge in [-0.3, -0.25) is 0 Å². The van der Waals surface area contributed by atoms with Crippen LogP contribution in [0.2, 0.25) is 0 Å². The van der Waals surface area contributed by atoms with Crippen molar-refractivity contribution in [2.45, 2.75) is 32.6 Å². The summed E-state index contributed by atoms with van der Waals surface area (Å²) in [6, 6.07) is 10.8. The van der Waals surface area contributed by atoms with Gasteiger partial charge < -0.3 is 0 Å². The first-order valence-electron chi connectivity index (χ1n) is 5.30. The van der Waals surface area contributed by atoms with Crippen molar-refractivity contribution in [1.82, 2.24) is 0 Å². The quantitative estimate of drug-likeness (QED) is 0.559. The molecule has 0 unspecified atom stereocenters. The molecule has 1 rings (SSSR count). The predicted molar refractivity (Wildman–Crippen MR) is 65.1 cm³/mol. The fraction of sp³-hybridized carbons (Fsp3) is 0.385. The Hall–Kier alpha value is -0.250. The molecule has 0 bridgehead atoms. The van der Waals surface area contributed by atoms with Crippen molar-refractivity contribution in [1.29, 1.82) is 0 Å². The van der Waals surface area contributed by atoms with E-state index in [9.17, 15) is 0 Å². The van der Waals surface area contributed by atoms with Crippen molar-refractivity contribution in [3.05, 3.63) is 40.5 Å². The minimum absolute atomic E-state index is 0.0493. The van der Waals surface area contributed by atoms with Crippen LogP contribution in [-0.4, -0.2) is 20.9 Å². The number of allylic oxidation sites excluding steroid dienone is 1. The Kier molecular flexibility index (Phi) is 6.83. The van der Waals surface area contributed by atoms with Gasteiger partial charge >= 0.3 is 97.7 Å². The average molecular weight is 302 g/mol. The molecule has 0 aliphatic heterocycles. The minimum atomic E-state index is -0.0493. The van der Waals surface area contributed by atoms with E-state index in [4.69, 9.17) is 0 Å². The predicted octanol–water partition coefficient (Wildman–Crippen LogP) is 3.11. The Balaban J connectivity index is 2.14. The monoisotopic (exact) mass is 304 g/mol. The second-order valence-electron chi connectivity index (χ2n) is 3.30. The fourth-order valence-corrected chi connectivity index (χ4v) is 3.21. The van der Waals surface area contributed by atoms with Gasteiger partial charge in [-0.25, -0.2) is 0 Å². The van der Waals surface area contributed by atoms with Gasteiger partial charge in [0.1, 0.15) is 0 Å². The number of benzene rings is 1. The maximum absolute atomic E-state index is 2.41. The van der Waals surface area contributed by atoms with Gasteiger partial charge in [0.15, 0.2) is 0 Å². The molecule has 76 valence electrons. The third kappa shape index (κ3) is 5.47. The van der Waals surface area contributed by atoms with Crippen LogP contribution >= 0.6 is 0 Å². The van der Waals surface area contributed by atoms with E-state index in [-0.39, 0.29) is 20.9 Å². The standard InChI is InChI=1S/C13H18Te/c1-2-3-4-5-9-12-14-13-10-7-6-8-11-13/h6-12H,2-5H2,1H3/b12-9+. The number of unbranched alkanes of at least 4 members (excludes halogenated alkanes) is 3. The van der Waals surface area contributed by atoms with Crippen molar-refractivity contribution in [3.63, 3.8) is 0 Å². The molecule has 0 atom stereocenters. The van der Waals surface area contributed by atoms with E-state index in [1.54, 1.807) is 0 Å². The summed E-state index contributed by atoms with van der Waals surface area (Å²) in [5, 5.41) is 0. The second-order valence-corrected chi connectivity index (χ2v) is 6.09. The van der Waals surface area contributed by atoms with Crippen LogP contribution in [-0.2, 0) is 0 Å². The summed E-state index contributed by atoms with van der Waals surface area (Å²) in [6.45, 7) is 2.25. The van der Waals surface area contributed by atoms with E-state index in [2.05, 4.69) is 47.5 Å². The average Bonchev–Trinajstić information content (AvgIpc) is 2.25. The molecule has 0 spiro atoms. The van der Waals surface area contributed by atoms with Crippen LogP contribution in [0.15, 0.2) is 40.5 Å². The topological polar surface area (TPSA) is 0 Å². The van der Waals surface area contributed by atoms with E-state index in [0.717, 1.165) is 0 Å². The molecule has 0 saturated carbocycles. The summed E-state index contributed by atoms with van der Waals surface area (Å²) in [7, 11) is 0. The van der Waals surface area contributed by atoms with Crippen LogP contribution in [0.3, 0.4) is 0 Å². The van der Waals surface area contributed by atoms with Crippen molar-refractivity contribution in [2.24, 2.45) is 0 Å². The van der Waals surface area contributed by atoms with Gasteiger partial charge in [0, 0.05) is 0 Å². The molecule has 1 heteroatoms. The molecule has 0 aliphatic carbocycles. The Morgan fingerprint density at radius 1 is 1.14 bits per heavy atom. The van der Waals surface area contributed by atoms with E-state index >= 15 is 0 Å². The first-order chi connectivity index (χ1) is 6.93. The summed E-state index contributed by atoms with van der Waals surface area (Å²) >= 11 is -0.0493. The summed E-state index contributed by atoms with van der Waals surface area (Å²) in [6.07, 6.45) is 7.69. The Bertz CT molecular complexity index is 251. The van der Waals surface area contributed by atoms with Crippen molar-refractivity contribution < 1.29 is 0 Å². The molecule has 0 saturated heterocycles. The van der Waals surface area contributed by atoms with E-state index < -0.39 is 0 Å². The molecule has 0 heterocycles. The van der Waals surface area contributed by atoms with Crippen LogP contribution in [0.1, 0.15) is 32.6 Å². The number of hydrogen-bond acceptors (Lipinski definition) is 0. The van der Waals surface area contributed by atoms with Crippen molar-refractivity contribution in [3.8, 4) is 0 Å². The molecule has 0 amide bonds. The summed E-state index contributed by atoms with van der Waals surface area (Å²) < 4.78 is 3.94. The first-order valence-corrected chi connectivity index (χ1v) is 7.81. The molecular formula is C13H18Te. The van der Waals surface area contributed by atoms with Gasteiger partial charge in [-0.15, -0.1) is 0 Å². The van der Waals surface area contributed by atoms with Crippen molar-refractivity contribution in [2.75, 3.05) is 0 Å². The second kappa shape index (κ2) is 8.09. The van der Waals surface area contributed by atoms with Crippen LogP contribution < -0.4 is 3.61 Å². The molecule has 1 aromatic carbocycles. The van der Waals surface area contributed by atoms with Gasteiger partial charge in [-0.05, 0) is 0 Å². The van der Waals surface area contributed by atoms with E-state index in [1.165, 1.54) is 29.3 Å². The van der Waals surface area contributed by atoms with Gasteiger partial charge in [0.25, 0.3) is 0 Å². The summed E-state index contributed by atoms with van der Waals surface area (Å²) in [5.41, 5.74) is 0. The van der Waals surface area contributed by atoms with Gasteiger partial charge in [-0.1, -0.05) is 0 Å². The first kappa shape index (κ1) is 11.8. The van der Waals surface area contributed by atoms with Gasteiger partial charge in [-0.2, -0.15) is 0 Å². The van der Waals surface area contributed by atoms with Crippen molar-refractivity contribution >= 4 is 24.5 Å². The summed E-state index contributed by atoms with van der Waals surface area (Å²) in [5.74, 6) is 0. The molecule has 14 heavy (non-hydrogen) atoms. The molecule has 0 N–H and O–H groups in total. The zero-order valence-electron chi connectivity index (χ0n) is 8.78. The fourth-order valence-electron chi connectivity index (χ4n) is 1.21. The number of rotatable bonds is 6. The molecule has 0 aliphatic rings. The molecule has 0 radical (unpaired) electrons. The Morgan fingerprint density at radius 2 is 1.93 bits per heavy atom. The normalized spacial score (nSPS) is 10.9. The third-order valence-electron chi connectivity index (χ3n) is 2.02. The molecule has 1 aromatic rings. The van der Waals surface area contributed by atoms with Gasteiger partial charge in [0.05, 0.1) is 0 Å². The van der Waals surface area contributed by atoms with E-state index in [1.807, 2.05) is 0 Å². The molecular weight excluding hydrogens is 284 g/mol. The molecule has 0 aromatic heterocycles. The van der Waals surface area contributed by atoms with E-state index in [0.29, 0.717) is 0 Å². The van der Waals surface area contributed by atoms with Crippen LogP contribution in [0.25, 0.3) is 0 Å². The maximum atomic E-state index is 2.41. The third-order valence-corrected chi connectivity index (χ3v) is 4.51. The van der Waals surface area contributed by atoms with Crippen LogP contribution in [0, 0.1) is 0 Å². The number of hydrogen-bond donors (Lipinski definition) is 0. The zero-order chi connectivity index (χ0) is 10.1. The van der Waals surface area contributed by atoms with Crippen LogP contribution in [0.5, 0.6) is 0 Å². The SMILES string of the molecule is CCCCC/C=C/[Te]c1ccccc1. The Labute approximate surface area is 97.5 Å². The zero-order valence-corrected chi connectivity index (χ0v) is 11.1. The van der Waals surface area contributed by atoms with Crippen LogP contribution in [0.4, 0.5) is 0 Å². The van der Waals surface area contributed by atoms with Gasteiger partial charge in [0.2, 0.25) is 0 Å². The summed E-state index contributed by atoms with van der Waals surface area (Å²) in [4.78, 5) is 0. The molecule has 0 nitrogen and oxygen atoms in total. The molecule has 0 fully saturated rings. The Morgan fingerprint density at radius 3 is 2.64 bits per heavy atom.